The molecule has 0 bridgehead atoms. The van der Waals surface area contributed by atoms with Crippen LogP contribution in [-0.4, -0.2) is 38.6 Å². The van der Waals surface area contributed by atoms with Crippen molar-refractivity contribution in [2.45, 2.75) is 19.9 Å². The van der Waals surface area contributed by atoms with Gasteiger partial charge in [0, 0.05) is 12.6 Å². The van der Waals surface area contributed by atoms with Crippen LogP contribution in [0.4, 0.5) is 0 Å². The lowest BCUT2D eigenvalue weighted by Gasteiger charge is -2.25. The van der Waals surface area contributed by atoms with Crippen LogP contribution >= 0.6 is 12.4 Å². The van der Waals surface area contributed by atoms with Crippen LogP contribution in [0, 0.1) is 13.8 Å². The zero-order chi connectivity index (χ0) is 21.1. The van der Waals surface area contributed by atoms with Crippen molar-refractivity contribution >= 4 is 29.3 Å². The van der Waals surface area contributed by atoms with Gasteiger partial charge in [0.2, 0.25) is 0 Å². The number of carbonyl (C=O) groups is 1. The Hall–Kier alpha value is -2.83. The number of amides is 1. The number of carbonyl (C=O) groups excluding carboxylic acids is 1. The summed E-state index contributed by atoms with van der Waals surface area (Å²) in [5.74, 6) is 0.374. The molecule has 1 aromatic heterocycles. The SMILES string of the molecule is COc1ccc(C(CNC(=O)c2cc(=O)c3cc(C)c(C)cc3o2)N(C)C)cc1.Cl. The predicted molar refractivity (Wildman–Crippen MR) is 121 cm³/mol. The van der Waals surface area contributed by atoms with Crippen molar-refractivity contribution in [1.29, 1.82) is 0 Å². The number of likely N-dealkylation sites (N-methyl/N-ethyl adjacent to an activating group) is 1. The molecule has 0 radical (unpaired) electrons. The minimum absolute atomic E-state index is 0. The molecule has 1 amide bonds. The van der Waals surface area contributed by atoms with Gasteiger partial charge in [0.1, 0.15) is 11.3 Å². The summed E-state index contributed by atoms with van der Waals surface area (Å²) < 4.78 is 10.9. The molecule has 0 spiro atoms. The van der Waals surface area contributed by atoms with Crippen molar-refractivity contribution in [1.82, 2.24) is 10.2 Å². The molecule has 160 valence electrons. The Morgan fingerprint density at radius 3 is 2.33 bits per heavy atom. The zero-order valence-corrected chi connectivity index (χ0v) is 18.6. The third-order valence-electron chi connectivity index (χ3n) is 5.15. The standard InChI is InChI=1S/C23H26N2O4.ClH/c1-14-10-18-20(26)12-22(29-21(18)11-15(14)2)23(27)24-13-19(25(3)4)16-6-8-17(28-5)9-7-16;/h6-12,19H,13H2,1-5H3,(H,24,27);1H. The summed E-state index contributed by atoms with van der Waals surface area (Å²) in [5.41, 5.74) is 3.26. The van der Waals surface area contributed by atoms with E-state index in [-0.39, 0.29) is 29.6 Å². The summed E-state index contributed by atoms with van der Waals surface area (Å²) in [6.07, 6.45) is 0. The fraction of sp³-hybridized carbons (Fsp3) is 0.304. The van der Waals surface area contributed by atoms with E-state index in [1.54, 1.807) is 19.2 Å². The quantitative estimate of drug-likeness (QED) is 0.642. The van der Waals surface area contributed by atoms with Gasteiger partial charge in [0.05, 0.1) is 18.5 Å². The first-order chi connectivity index (χ1) is 13.8. The van der Waals surface area contributed by atoms with Crippen molar-refractivity contribution < 1.29 is 13.9 Å². The van der Waals surface area contributed by atoms with Gasteiger partial charge in [0.15, 0.2) is 11.2 Å². The van der Waals surface area contributed by atoms with E-state index in [0.29, 0.717) is 17.5 Å². The van der Waals surface area contributed by atoms with E-state index in [1.165, 1.54) is 6.07 Å². The maximum atomic E-state index is 12.7. The molecule has 0 aliphatic rings. The van der Waals surface area contributed by atoms with Gasteiger partial charge in [0.25, 0.3) is 5.91 Å². The molecule has 1 atom stereocenters. The number of benzene rings is 2. The number of nitrogens with one attached hydrogen (secondary N) is 1. The van der Waals surface area contributed by atoms with Crippen molar-refractivity contribution in [2.75, 3.05) is 27.7 Å². The van der Waals surface area contributed by atoms with E-state index >= 15 is 0 Å². The molecule has 1 heterocycles. The molecule has 0 saturated carbocycles. The average molecular weight is 431 g/mol. The molecule has 30 heavy (non-hydrogen) atoms. The second kappa shape index (κ2) is 9.78. The Balaban J connectivity index is 0.00000320. The van der Waals surface area contributed by atoms with Gasteiger partial charge < -0.3 is 19.4 Å². The number of nitrogens with zero attached hydrogens (tertiary/aromatic N) is 1. The maximum Gasteiger partial charge on any atom is 0.287 e. The van der Waals surface area contributed by atoms with Crippen LogP contribution in [0.3, 0.4) is 0 Å². The number of hydrogen-bond acceptors (Lipinski definition) is 5. The number of aryl methyl sites for hydroxylation is 2. The third-order valence-corrected chi connectivity index (χ3v) is 5.15. The summed E-state index contributed by atoms with van der Waals surface area (Å²) >= 11 is 0. The Morgan fingerprint density at radius 2 is 1.73 bits per heavy atom. The fourth-order valence-electron chi connectivity index (χ4n) is 3.22. The summed E-state index contributed by atoms with van der Waals surface area (Å²) in [7, 11) is 5.52. The maximum absolute atomic E-state index is 12.7. The monoisotopic (exact) mass is 430 g/mol. The highest BCUT2D eigenvalue weighted by atomic mass is 35.5. The number of hydrogen-bond donors (Lipinski definition) is 1. The Kier molecular flexibility index (Phi) is 7.65. The summed E-state index contributed by atoms with van der Waals surface area (Å²) in [6, 6.07) is 12.5. The summed E-state index contributed by atoms with van der Waals surface area (Å²) in [4.78, 5) is 27.1. The van der Waals surface area contributed by atoms with Gasteiger partial charge in [-0.1, -0.05) is 12.1 Å². The molecule has 0 fully saturated rings. The van der Waals surface area contributed by atoms with E-state index in [0.717, 1.165) is 22.4 Å². The van der Waals surface area contributed by atoms with E-state index in [1.807, 2.05) is 57.1 Å². The smallest absolute Gasteiger partial charge is 0.287 e. The van der Waals surface area contributed by atoms with E-state index in [2.05, 4.69) is 5.32 Å². The highest BCUT2D eigenvalue weighted by Gasteiger charge is 2.18. The first-order valence-electron chi connectivity index (χ1n) is 9.44. The molecule has 1 N–H and O–H groups in total. The van der Waals surface area contributed by atoms with Crippen LogP contribution in [-0.2, 0) is 0 Å². The van der Waals surface area contributed by atoms with Gasteiger partial charge in [-0.3, -0.25) is 9.59 Å². The lowest BCUT2D eigenvalue weighted by Crippen LogP contribution is -2.34. The lowest BCUT2D eigenvalue weighted by atomic mass is 10.1. The molecule has 7 heteroatoms. The Morgan fingerprint density at radius 1 is 1.10 bits per heavy atom. The van der Waals surface area contributed by atoms with Crippen LogP contribution in [0.5, 0.6) is 5.75 Å². The molecule has 3 rings (SSSR count). The first-order valence-corrected chi connectivity index (χ1v) is 9.44. The second-order valence-corrected chi connectivity index (χ2v) is 7.37. The second-order valence-electron chi connectivity index (χ2n) is 7.37. The summed E-state index contributed by atoms with van der Waals surface area (Å²) in [6.45, 7) is 4.25. The van der Waals surface area contributed by atoms with Crippen molar-refractivity contribution in [2.24, 2.45) is 0 Å². The van der Waals surface area contributed by atoms with Gasteiger partial charge in [-0.15, -0.1) is 12.4 Å². The number of methoxy groups -OCH3 is 1. The molecule has 1 unspecified atom stereocenters. The van der Waals surface area contributed by atoms with Crippen LogP contribution in [0.1, 0.15) is 33.3 Å². The van der Waals surface area contributed by atoms with Gasteiger partial charge in [-0.05, 0) is 68.9 Å². The molecule has 0 aliphatic carbocycles. The molecule has 0 aliphatic heterocycles. The van der Waals surface area contributed by atoms with Crippen molar-refractivity contribution in [3.63, 3.8) is 0 Å². The molecule has 3 aromatic rings. The minimum Gasteiger partial charge on any atom is -0.497 e. The van der Waals surface area contributed by atoms with E-state index < -0.39 is 5.91 Å². The molecular formula is C23H27ClN2O4. The molecule has 0 saturated heterocycles. The zero-order valence-electron chi connectivity index (χ0n) is 17.8. The first kappa shape index (κ1) is 23.4. The molecule has 2 aromatic carbocycles. The van der Waals surface area contributed by atoms with E-state index in [4.69, 9.17) is 9.15 Å². The normalized spacial score (nSPS) is 11.8. The van der Waals surface area contributed by atoms with Gasteiger partial charge in [-0.25, -0.2) is 0 Å². The third kappa shape index (κ3) is 5.01. The van der Waals surface area contributed by atoms with Gasteiger partial charge >= 0.3 is 0 Å². The minimum atomic E-state index is -0.414. The summed E-state index contributed by atoms with van der Waals surface area (Å²) in [5, 5.41) is 3.36. The number of ether oxygens (including phenoxy) is 1. The average Bonchev–Trinajstić information content (AvgIpc) is 2.69. The van der Waals surface area contributed by atoms with Crippen LogP contribution in [0.2, 0.25) is 0 Å². The van der Waals surface area contributed by atoms with Crippen molar-refractivity contribution in [3.05, 3.63) is 75.1 Å². The largest absolute Gasteiger partial charge is 0.497 e. The van der Waals surface area contributed by atoms with E-state index in [9.17, 15) is 9.59 Å². The highest BCUT2D eigenvalue weighted by molar-refractivity contribution is 5.93. The fourth-order valence-corrected chi connectivity index (χ4v) is 3.22. The molecular weight excluding hydrogens is 404 g/mol. The van der Waals surface area contributed by atoms with Crippen LogP contribution in [0.15, 0.2) is 51.7 Å². The predicted octanol–water partition coefficient (Wildman–Crippen LogP) is 3.87. The number of rotatable bonds is 6. The Bertz CT molecular complexity index is 1090. The van der Waals surface area contributed by atoms with Crippen LogP contribution in [0.25, 0.3) is 11.0 Å². The van der Waals surface area contributed by atoms with Gasteiger partial charge in [-0.2, -0.15) is 0 Å². The topological polar surface area (TPSA) is 71.8 Å². The highest BCUT2D eigenvalue weighted by Crippen LogP contribution is 2.21. The Labute approximate surface area is 182 Å². The molecule has 6 nitrogen and oxygen atoms in total. The van der Waals surface area contributed by atoms with Crippen molar-refractivity contribution in [3.8, 4) is 5.75 Å². The lowest BCUT2D eigenvalue weighted by molar-refractivity contribution is 0.0914. The number of fused-ring (bicyclic) bond motifs is 1. The number of halogens is 1. The van der Waals surface area contributed by atoms with Crippen LogP contribution < -0.4 is 15.5 Å².